The lowest BCUT2D eigenvalue weighted by molar-refractivity contribution is -0.380. The van der Waals surface area contributed by atoms with E-state index in [9.17, 15) is 19.7 Å². The first-order valence-corrected chi connectivity index (χ1v) is 6.18. The molecule has 0 radical (unpaired) electrons. The average molecular weight is 286 g/mol. The molecule has 0 aromatic carbocycles. The second-order valence-corrected chi connectivity index (χ2v) is 4.91. The lowest BCUT2D eigenvalue weighted by Crippen LogP contribution is -2.48. The van der Waals surface area contributed by atoms with Gasteiger partial charge in [0.2, 0.25) is 0 Å². The van der Waals surface area contributed by atoms with Gasteiger partial charge in [-0.15, -0.1) is 0 Å². The fourth-order valence-corrected chi connectivity index (χ4v) is 2.47. The average Bonchev–Trinajstić information content (AvgIpc) is 2.87. The van der Waals surface area contributed by atoms with Crippen LogP contribution in [-0.2, 0) is 9.53 Å². The van der Waals surface area contributed by atoms with Crippen LogP contribution in [0.1, 0.15) is 9.67 Å². The summed E-state index contributed by atoms with van der Waals surface area (Å²) in [7, 11) is 0. The van der Waals surface area contributed by atoms with Gasteiger partial charge in [-0.1, -0.05) is 11.3 Å². The van der Waals surface area contributed by atoms with E-state index >= 15 is 0 Å². The van der Waals surface area contributed by atoms with Crippen LogP contribution in [0, 0.1) is 10.1 Å². The van der Waals surface area contributed by atoms with Crippen LogP contribution in [0.5, 0.6) is 0 Å². The summed E-state index contributed by atoms with van der Waals surface area (Å²) >= 11 is 0.774. The lowest BCUT2D eigenvalue weighted by Gasteiger charge is -2.30. The summed E-state index contributed by atoms with van der Waals surface area (Å²) in [5, 5.41) is 19.3. The van der Waals surface area contributed by atoms with Crippen LogP contribution in [-0.4, -0.2) is 52.6 Å². The molecule has 1 atom stereocenters. The van der Waals surface area contributed by atoms with Gasteiger partial charge in [-0.25, -0.2) is 4.79 Å². The summed E-state index contributed by atoms with van der Waals surface area (Å²) in [6, 6.07) is 2.63. The van der Waals surface area contributed by atoms with E-state index in [4.69, 9.17) is 9.84 Å². The summed E-state index contributed by atoms with van der Waals surface area (Å²) in [5.74, 6) is -1.54. The molecule has 1 saturated heterocycles. The molecule has 9 heteroatoms. The van der Waals surface area contributed by atoms with Crippen molar-refractivity contribution in [1.82, 2.24) is 4.90 Å². The van der Waals surface area contributed by atoms with Crippen molar-refractivity contribution in [2.75, 3.05) is 19.7 Å². The Labute approximate surface area is 111 Å². The van der Waals surface area contributed by atoms with E-state index in [1.807, 2.05) is 0 Å². The first kappa shape index (κ1) is 13.4. The predicted molar refractivity (Wildman–Crippen MR) is 64.3 cm³/mol. The summed E-state index contributed by atoms with van der Waals surface area (Å²) in [6.07, 6.45) is -1.05. The van der Waals surface area contributed by atoms with Crippen molar-refractivity contribution in [3.05, 3.63) is 27.1 Å². The summed E-state index contributed by atoms with van der Waals surface area (Å²) in [6.45, 7) is 0.352. The van der Waals surface area contributed by atoms with Gasteiger partial charge in [0.25, 0.3) is 5.91 Å². The fourth-order valence-electron chi connectivity index (χ4n) is 1.68. The molecule has 19 heavy (non-hydrogen) atoms. The number of amides is 1. The molecule has 1 aliphatic rings. The smallest absolute Gasteiger partial charge is 0.334 e. The van der Waals surface area contributed by atoms with E-state index in [0.717, 1.165) is 11.3 Å². The molecule has 2 heterocycles. The highest BCUT2D eigenvalue weighted by molar-refractivity contribution is 7.17. The third-order valence-electron chi connectivity index (χ3n) is 2.61. The summed E-state index contributed by atoms with van der Waals surface area (Å²) < 4.78 is 5.00. The maximum absolute atomic E-state index is 12.1. The van der Waals surface area contributed by atoms with E-state index in [0.29, 0.717) is 0 Å². The Bertz CT molecular complexity index is 528. The monoisotopic (exact) mass is 286 g/mol. The van der Waals surface area contributed by atoms with Crippen LogP contribution in [0.4, 0.5) is 5.00 Å². The number of rotatable bonds is 3. The standard InChI is InChI=1S/C10H10N2O6S/c13-9(7-1-2-8(19-7)12(16)17)11-3-4-18-6(5-11)10(14)15/h1-2,6H,3-5H2,(H,14,15). The maximum atomic E-state index is 12.1. The molecule has 1 aliphatic heterocycles. The number of nitro groups is 1. The van der Waals surface area contributed by atoms with Crippen molar-refractivity contribution in [3.63, 3.8) is 0 Å². The Balaban J connectivity index is 2.10. The molecule has 0 aliphatic carbocycles. The quantitative estimate of drug-likeness (QED) is 0.643. The van der Waals surface area contributed by atoms with Crippen LogP contribution < -0.4 is 0 Å². The molecule has 1 unspecified atom stereocenters. The zero-order valence-corrected chi connectivity index (χ0v) is 10.5. The van der Waals surface area contributed by atoms with Gasteiger partial charge in [0, 0.05) is 12.6 Å². The van der Waals surface area contributed by atoms with Gasteiger partial charge >= 0.3 is 11.0 Å². The van der Waals surface area contributed by atoms with Gasteiger partial charge in [-0.2, -0.15) is 0 Å². The number of thiophene rings is 1. The SMILES string of the molecule is O=C(O)C1CN(C(=O)c2ccc([N+](=O)[O-])s2)CCO1. The second kappa shape index (κ2) is 5.33. The minimum absolute atomic E-state index is 0.0557. The molecular formula is C10H10N2O6S. The maximum Gasteiger partial charge on any atom is 0.334 e. The highest BCUT2D eigenvalue weighted by Crippen LogP contribution is 2.25. The number of aliphatic carboxylic acids is 1. The zero-order chi connectivity index (χ0) is 14.0. The Morgan fingerprint density at radius 2 is 2.26 bits per heavy atom. The minimum atomic E-state index is -1.13. The van der Waals surface area contributed by atoms with E-state index in [1.54, 1.807) is 0 Å². The van der Waals surface area contributed by atoms with Crippen LogP contribution in [0.25, 0.3) is 0 Å². The van der Waals surface area contributed by atoms with Gasteiger partial charge in [0.1, 0.15) is 0 Å². The molecule has 1 fully saturated rings. The van der Waals surface area contributed by atoms with Gasteiger partial charge in [0.15, 0.2) is 6.10 Å². The molecule has 1 aromatic heterocycles. The number of carbonyl (C=O) groups is 2. The Kier molecular flexibility index (Phi) is 3.76. The molecule has 2 rings (SSSR count). The van der Waals surface area contributed by atoms with Crippen molar-refractivity contribution < 1.29 is 24.4 Å². The summed E-state index contributed by atoms with van der Waals surface area (Å²) in [4.78, 5) is 34.4. The third kappa shape index (κ3) is 2.88. The van der Waals surface area contributed by atoms with Gasteiger partial charge in [-0.05, 0) is 6.07 Å². The van der Waals surface area contributed by atoms with Gasteiger partial charge in [-0.3, -0.25) is 14.9 Å². The zero-order valence-electron chi connectivity index (χ0n) is 9.64. The molecule has 0 saturated carbocycles. The molecule has 8 nitrogen and oxygen atoms in total. The van der Waals surface area contributed by atoms with E-state index in [-0.39, 0.29) is 29.6 Å². The first-order valence-electron chi connectivity index (χ1n) is 5.37. The van der Waals surface area contributed by atoms with E-state index < -0.39 is 22.9 Å². The molecule has 1 amide bonds. The number of morpholine rings is 1. The first-order chi connectivity index (χ1) is 8.99. The Hall–Kier alpha value is -2.00. The Morgan fingerprint density at radius 1 is 1.53 bits per heavy atom. The van der Waals surface area contributed by atoms with E-state index in [2.05, 4.69) is 0 Å². The van der Waals surface area contributed by atoms with Crippen molar-refractivity contribution in [2.45, 2.75) is 6.10 Å². The van der Waals surface area contributed by atoms with Crippen LogP contribution in [0.15, 0.2) is 12.1 Å². The lowest BCUT2D eigenvalue weighted by atomic mass is 10.2. The minimum Gasteiger partial charge on any atom is -0.479 e. The molecular weight excluding hydrogens is 276 g/mol. The van der Waals surface area contributed by atoms with Crippen molar-refractivity contribution in [2.24, 2.45) is 0 Å². The highest BCUT2D eigenvalue weighted by atomic mass is 32.1. The third-order valence-corrected chi connectivity index (χ3v) is 3.64. The number of ether oxygens (including phenoxy) is 1. The molecule has 1 N–H and O–H groups in total. The molecule has 1 aromatic rings. The molecule has 0 spiro atoms. The van der Waals surface area contributed by atoms with Crippen LogP contribution >= 0.6 is 11.3 Å². The van der Waals surface area contributed by atoms with Crippen LogP contribution in [0.2, 0.25) is 0 Å². The van der Waals surface area contributed by atoms with Crippen molar-refractivity contribution in [3.8, 4) is 0 Å². The fraction of sp³-hybridized carbons (Fsp3) is 0.400. The number of carboxylic acid groups (broad SMARTS) is 1. The second-order valence-electron chi connectivity index (χ2n) is 3.84. The normalized spacial score (nSPS) is 19.2. The number of nitrogens with zero attached hydrogens (tertiary/aromatic N) is 2. The number of carboxylic acids is 1. The topological polar surface area (TPSA) is 110 Å². The largest absolute Gasteiger partial charge is 0.479 e. The number of hydrogen-bond donors (Lipinski definition) is 1. The van der Waals surface area contributed by atoms with Crippen molar-refractivity contribution >= 4 is 28.2 Å². The predicted octanol–water partition coefficient (Wildman–Crippen LogP) is 0.582. The molecule has 0 bridgehead atoms. The van der Waals surface area contributed by atoms with Crippen molar-refractivity contribution in [1.29, 1.82) is 0 Å². The highest BCUT2D eigenvalue weighted by Gasteiger charge is 2.30. The molecule has 102 valence electrons. The van der Waals surface area contributed by atoms with Crippen LogP contribution in [0.3, 0.4) is 0 Å². The number of hydrogen-bond acceptors (Lipinski definition) is 6. The Morgan fingerprint density at radius 3 is 2.84 bits per heavy atom. The van der Waals surface area contributed by atoms with Gasteiger partial charge < -0.3 is 14.7 Å². The summed E-state index contributed by atoms with van der Waals surface area (Å²) in [5.41, 5.74) is 0. The van der Waals surface area contributed by atoms with Gasteiger partial charge in [0.05, 0.1) is 23.0 Å². The van der Waals surface area contributed by atoms with E-state index in [1.165, 1.54) is 17.0 Å². The number of carbonyl (C=O) groups excluding carboxylic acids is 1.